The van der Waals surface area contributed by atoms with E-state index in [2.05, 4.69) is 4.90 Å². The highest BCUT2D eigenvalue weighted by molar-refractivity contribution is 6.32. The third kappa shape index (κ3) is 2.98. The number of rotatable bonds is 3. The molecule has 0 aliphatic carbocycles. The van der Waals surface area contributed by atoms with Crippen molar-refractivity contribution in [3.05, 3.63) is 38.9 Å². The SMILES string of the molecule is CC1(O)CCN(Cc2ccc(Cl)c([N+](=O)[O-])c2)C1. The molecule has 0 bridgehead atoms. The van der Waals surface area contributed by atoms with Gasteiger partial charge in [-0.1, -0.05) is 17.7 Å². The zero-order chi connectivity index (χ0) is 13.3. The molecule has 1 atom stereocenters. The lowest BCUT2D eigenvalue weighted by molar-refractivity contribution is -0.384. The van der Waals surface area contributed by atoms with Crippen LogP contribution in [0, 0.1) is 10.1 Å². The number of nitro benzene ring substituents is 1. The van der Waals surface area contributed by atoms with Crippen LogP contribution in [0.25, 0.3) is 0 Å². The summed E-state index contributed by atoms with van der Waals surface area (Å²) in [5.41, 5.74) is 0.113. The molecule has 98 valence electrons. The van der Waals surface area contributed by atoms with E-state index in [9.17, 15) is 15.2 Å². The van der Waals surface area contributed by atoms with E-state index in [0.717, 1.165) is 18.5 Å². The molecule has 0 radical (unpaired) electrons. The van der Waals surface area contributed by atoms with Gasteiger partial charge in [0, 0.05) is 25.7 Å². The Labute approximate surface area is 110 Å². The lowest BCUT2D eigenvalue weighted by atomic mass is 10.1. The fourth-order valence-electron chi connectivity index (χ4n) is 2.23. The number of hydrogen-bond acceptors (Lipinski definition) is 4. The molecule has 6 heteroatoms. The van der Waals surface area contributed by atoms with Crippen LogP contribution in [-0.4, -0.2) is 33.6 Å². The van der Waals surface area contributed by atoms with Crippen LogP contribution in [0.3, 0.4) is 0 Å². The molecule has 0 amide bonds. The number of nitro groups is 1. The molecular weight excluding hydrogens is 256 g/mol. The first-order chi connectivity index (χ1) is 8.37. The fraction of sp³-hybridized carbons (Fsp3) is 0.500. The first kappa shape index (κ1) is 13.3. The van der Waals surface area contributed by atoms with Crippen molar-refractivity contribution in [2.75, 3.05) is 13.1 Å². The molecule has 1 aliphatic rings. The lowest BCUT2D eigenvalue weighted by Gasteiger charge is -2.18. The Morgan fingerprint density at radius 1 is 1.61 bits per heavy atom. The molecule has 2 rings (SSSR count). The van der Waals surface area contributed by atoms with Crippen molar-refractivity contribution in [3.8, 4) is 0 Å². The normalized spacial score (nSPS) is 24.4. The van der Waals surface area contributed by atoms with E-state index in [1.165, 1.54) is 6.07 Å². The Bertz CT molecular complexity index is 476. The third-order valence-electron chi connectivity index (χ3n) is 3.14. The second-order valence-corrected chi connectivity index (χ2v) is 5.41. The summed E-state index contributed by atoms with van der Waals surface area (Å²) >= 11 is 5.76. The van der Waals surface area contributed by atoms with Crippen molar-refractivity contribution in [3.63, 3.8) is 0 Å². The summed E-state index contributed by atoms with van der Waals surface area (Å²) in [5.74, 6) is 0. The summed E-state index contributed by atoms with van der Waals surface area (Å²) in [6.45, 7) is 3.78. The zero-order valence-electron chi connectivity index (χ0n) is 10.1. The summed E-state index contributed by atoms with van der Waals surface area (Å²) in [5, 5.41) is 20.8. The Morgan fingerprint density at radius 2 is 2.33 bits per heavy atom. The molecule has 18 heavy (non-hydrogen) atoms. The van der Waals surface area contributed by atoms with E-state index in [1.807, 2.05) is 0 Å². The molecule has 0 saturated carbocycles. The number of aliphatic hydroxyl groups is 1. The predicted octanol–water partition coefficient (Wildman–Crippen LogP) is 2.20. The zero-order valence-corrected chi connectivity index (χ0v) is 10.9. The number of hydrogen-bond donors (Lipinski definition) is 1. The molecule has 5 nitrogen and oxygen atoms in total. The van der Waals surface area contributed by atoms with Crippen molar-refractivity contribution in [1.29, 1.82) is 0 Å². The van der Waals surface area contributed by atoms with Crippen LogP contribution >= 0.6 is 11.6 Å². The minimum Gasteiger partial charge on any atom is -0.389 e. The van der Waals surface area contributed by atoms with Gasteiger partial charge in [0.05, 0.1) is 10.5 Å². The Hall–Kier alpha value is -1.17. The molecule has 1 unspecified atom stereocenters. The predicted molar refractivity (Wildman–Crippen MR) is 68.6 cm³/mol. The number of halogens is 1. The summed E-state index contributed by atoms with van der Waals surface area (Å²) in [4.78, 5) is 12.4. The van der Waals surface area contributed by atoms with Crippen LogP contribution in [0.4, 0.5) is 5.69 Å². The summed E-state index contributed by atoms with van der Waals surface area (Å²) < 4.78 is 0. The van der Waals surface area contributed by atoms with Crippen LogP contribution in [-0.2, 0) is 6.54 Å². The van der Waals surface area contributed by atoms with Gasteiger partial charge in [-0.3, -0.25) is 15.0 Å². The largest absolute Gasteiger partial charge is 0.389 e. The average molecular weight is 271 g/mol. The fourth-order valence-corrected chi connectivity index (χ4v) is 2.42. The van der Waals surface area contributed by atoms with Gasteiger partial charge in [0.25, 0.3) is 5.69 Å². The Kier molecular flexibility index (Phi) is 3.56. The van der Waals surface area contributed by atoms with Crippen LogP contribution in [0.15, 0.2) is 18.2 Å². The molecule has 1 heterocycles. The van der Waals surface area contributed by atoms with E-state index in [0.29, 0.717) is 13.1 Å². The van der Waals surface area contributed by atoms with Gasteiger partial charge in [0.15, 0.2) is 0 Å². The summed E-state index contributed by atoms with van der Waals surface area (Å²) in [6, 6.07) is 4.82. The number of nitrogens with zero attached hydrogens (tertiary/aromatic N) is 2. The first-order valence-electron chi connectivity index (χ1n) is 5.75. The van der Waals surface area contributed by atoms with Crippen molar-refractivity contribution in [2.24, 2.45) is 0 Å². The Balaban J connectivity index is 2.11. The lowest BCUT2D eigenvalue weighted by Crippen LogP contribution is -2.29. The van der Waals surface area contributed by atoms with Crippen molar-refractivity contribution < 1.29 is 10.0 Å². The minimum atomic E-state index is -0.654. The maximum Gasteiger partial charge on any atom is 0.288 e. The van der Waals surface area contributed by atoms with Gasteiger partial charge in [-0.2, -0.15) is 0 Å². The molecule has 0 spiro atoms. The highest BCUT2D eigenvalue weighted by Crippen LogP contribution is 2.27. The monoisotopic (exact) mass is 270 g/mol. The molecule has 1 fully saturated rings. The van der Waals surface area contributed by atoms with E-state index in [-0.39, 0.29) is 10.7 Å². The van der Waals surface area contributed by atoms with Gasteiger partial charge in [0.1, 0.15) is 5.02 Å². The van der Waals surface area contributed by atoms with E-state index >= 15 is 0 Å². The van der Waals surface area contributed by atoms with Crippen molar-refractivity contribution in [2.45, 2.75) is 25.5 Å². The van der Waals surface area contributed by atoms with Gasteiger partial charge >= 0.3 is 0 Å². The maximum absolute atomic E-state index is 10.8. The third-order valence-corrected chi connectivity index (χ3v) is 3.46. The van der Waals surface area contributed by atoms with Gasteiger partial charge in [0.2, 0.25) is 0 Å². The molecule has 1 N–H and O–H groups in total. The minimum absolute atomic E-state index is 0.0693. The standard InChI is InChI=1S/C12H15ClN2O3/c1-12(16)4-5-14(8-12)7-9-2-3-10(13)11(6-9)15(17)18/h2-3,6,16H,4-5,7-8H2,1H3. The quantitative estimate of drug-likeness (QED) is 0.675. The smallest absolute Gasteiger partial charge is 0.288 e. The summed E-state index contributed by atoms with van der Waals surface area (Å²) in [6.07, 6.45) is 0.725. The number of likely N-dealkylation sites (tertiary alicyclic amines) is 1. The summed E-state index contributed by atoms with van der Waals surface area (Å²) in [7, 11) is 0. The second-order valence-electron chi connectivity index (χ2n) is 5.00. The van der Waals surface area contributed by atoms with E-state index in [4.69, 9.17) is 11.6 Å². The van der Waals surface area contributed by atoms with Gasteiger partial charge in [-0.05, 0) is 25.0 Å². The highest BCUT2D eigenvalue weighted by atomic mass is 35.5. The van der Waals surface area contributed by atoms with Crippen LogP contribution in [0.5, 0.6) is 0 Å². The molecule has 1 aromatic rings. The second kappa shape index (κ2) is 4.84. The topological polar surface area (TPSA) is 66.6 Å². The maximum atomic E-state index is 10.8. The van der Waals surface area contributed by atoms with Gasteiger partial charge < -0.3 is 5.11 Å². The molecule has 1 aromatic carbocycles. The average Bonchev–Trinajstić information content (AvgIpc) is 2.60. The number of benzene rings is 1. The van der Waals surface area contributed by atoms with Gasteiger partial charge in [-0.15, -0.1) is 0 Å². The van der Waals surface area contributed by atoms with Crippen LogP contribution in [0.1, 0.15) is 18.9 Å². The van der Waals surface area contributed by atoms with Crippen LogP contribution < -0.4 is 0 Å². The van der Waals surface area contributed by atoms with Gasteiger partial charge in [-0.25, -0.2) is 0 Å². The highest BCUT2D eigenvalue weighted by Gasteiger charge is 2.31. The molecular formula is C12H15ClN2O3. The molecule has 1 aliphatic heterocycles. The Morgan fingerprint density at radius 3 is 2.89 bits per heavy atom. The number of β-amino-alcohol motifs (C(OH)–C–C–N with tert-alkyl or cyclic N) is 1. The van der Waals surface area contributed by atoms with Crippen molar-refractivity contribution >= 4 is 17.3 Å². The van der Waals surface area contributed by atoms with E-state index < -0.39 is 10.5 Å². The van der Waals surface area contributed by atoms with E-state index in [1.54, 1.807) is 19.1 Å². The first-order valence-corrected chi connectivity index (χ1v) is 6.13. The van der Waals surface area contributed by atoms with Crippen LogP contribution in [0.2, 0.25) is 5.02 Å². The molecule has 0 aromatic heterocycles. The van der Waals surface area contributed by atoms with Crippen molar-refractivity contribution in [1.82, 2.24) is 4.90 Å². The molecule has 1 saturated heterocycles.